The predicted molar refractivity (Wildman–Crippen MR) is 72.5 cm³/mol. The molecule has 0 saturated carbocycles. The van der Waals surface area contributed by atoms with Crippen LogP contribution in [0.4, 0.5) is 0 Å². The molecular formula is C10H14N2O3S3. The molecule has 18 heavy (non-hydrogen) atoms. The third-order valence-corrected chi connectivity index (χ3v) is 6.79. The lowest BCUT2D eigenvalue weighted by Crippen LogP contribution is -2.38. The minimum absolute atomic E-state index is 0.177. The number of carbonyl (C=O) groups excluding carboxylic acids is 1. The van der Waals surface area contributed by atoms with Gasteiger partial charge in [-0.2, -0.15) is 0 Å². The van der Waals surface area contributed by atoms with Crippen molar-refractivity contribution >= 4 is 38.8 Å². The smallest absolute Gasteiger partial charge is 0.231 e. The molecule has 100 valence electrons. The van der Waals surface area contributed by atoms with Crippen molar-refractivity contribution in [1.29, 1.82) is 0 Å². The molecule has 1 aromatic rings. The summed E-state index contributed by atoms with van der Waals surface area (Å²) in [6.45, 7) is 1.89. The Kier molecular flexibility index (Phi) is 4.29. The van der Waals surface area contributed by atoms with Gasteiger partial charge in [0.25, 0.3) is 0 Å². The zero-order valence-corrected chi connectivity index (χ0v) is 12.3. The summed E-state index contributed by atoms with van der Waals surface area (Å²) in [5.41, 5.74) is 0.932. The molecule has 0 radical (unpaired) electrons. The molecule has 1 aromatic heterocycles. The van der Waals surface area contributed by atoms with Crippen LogP contribution in [-0.2, 0) is 14.6 Å². The average Bonchev–Trinajstić information content (AvgIpc) is 2.83. The van der Waals surface area contributed by atoms with Gasteiger partial charge in [-0.3, -0.25) is 4.79 Å². The SMILES string of the molecule is Cc1csc(SCC(=O)N[C@H]2CCCS2(=O)=O)n1. The Labute approximate surface area is 114 Å². The van der Waals surface area contributed by atoms with Crippen LogP contribution in [0.1, 0.15) is 18.5 Å². The maximum Gasteiger partial charge on any atom is 0.231 e. The second-order valence-electron chi connectivity index (χ2n) is 4.11. The number of thioether (sulfide) groups is 1. The normalized spacial score (nSPS) is 21.9. The van der Waals surface area contributed by atoms with Crippen LogP contribution in [0, 0.1) is 6.92 Å². The number of sulfone groups is 1. The van der Waals surface area contributed by atoms with Crippen molar-refractivity contribution in [2.75, 3.05) is 11.5 Å². The summed E-state index contributed by atoms with van der Waals surface area (Å²) in [6, 6.07) is 0. The molecule has 0 aliphatic carbocycles. The van der Waals surface area contributed by atoms with Crippen molar-refractivity contribution in [1.82, 2.24) is 10.3 Å². The summed E-state index contributed by atoms with van der Waals surface area (Å²) >= 11 is 2.82. The molecule has 1 amide bonds. The molecule has 2 rings (SSSR count). The molecule has 1 aliphatic heterocycles. The van der Waals surface area contributed by atoms with E-state index in [1.54, 1.807) is 0 Å². The topological polar surface area (TPSA) is 76.1 Å². The van der Waals surface area contributed by atoms with Crippen molar-refractivity contribution in [2.45, 2.75) is 29.5 Å². The molecule has 0 spiro atoms. The molecule has 8 heteroatoms. The number of thiazole rings is 1. The van der Waals surface area contributed by atoms with Gasteiger partial charge in [0.05, 0.1) is 11.5 Å². The number of nitrogens with zero attached hydrogens (tertiary/aromatic N) is 1. The molecule has 5 nitrogen and oxygen atoms in total. The number of amides is 1. The number of aryl methyl sites for hydroxylation is 1. The van der Waals surface area contributed by atoms with E-state index in [2.05, 4.69) is 10.3 Å². The van der Waals surface area contributed by atoms with Gasteiger partial charge in [-0.15, -0.1) is 11.3 Å². The van der Waals surface area contributed by atoms with Gasteiger partial charge in [-0.05, 0) is 19.8 Å². The van der Waals surface area contributed by atoms with E-state index < -0.39 is 15.2 Å². The Morgan fingerprint density at radius 1 is 1.67 bits per heavy atom. The fraction of sp³-hybridized carbons (Fsp3) is 0.600. The number of aromatic nitrogens is 1. The summed E-state index contributed by atoms with van der Waals surface area (Å²) in [5.74, 6) is 0.138. The number of rotatable bonds is 4. The van der Waals surface area contributed by atoms with Gasteiger partial charge in [0.2, 0.25) is 5.91 Å². The Morgan fingerprint density at radius 3 is 3.00 bits per heavy atom. The summed E-state index contributed by atoms with van der Waals surface area (Å²) in [4.78, 5) is 15.9. The largest absolute Gasteiger partial charge is 0.339 e. The maximum absolute atomic E-state index is 11.6. The van der Waals surface area contributed by atoms with Gasteiger partial charge in [-0.25, -0.2) is 13.4 Å². The second-order valence-corrected chi connectivity index (χ2v) is 8.49. The third kappa shape index (κ3) is 3.46. The van der Waals surface area contributed by atoms with Crippen LogP contribution in [0.5, 0.6) is 0 Å². The fourth-order valence-electron chi connectivity index (χ4n) is 1.70. The van der Waals surface area contributed by atoms with Crippen LogP contribution in [0.2, 0.25) is 0 Å². The molecule has 1 N–H and O–H groups in total. The van der Waals surface area contributed by atoms with Gasteiger partial charge in [0, 0.05) is 11.1 Å². The van der Waals surface area contributed by atoms with E-state index in [1.807, 2.05) is 12.3 Å². The van der Waals surface area contributed by atoms with Crippen molar-refractivity contribution in [3.05, 3.63) is 11.1 Å². The first-order valence-corrected chi connectivity index (χ1v) is 9.11. The molecule has 0 bridgehead atoms. The van der Waals surface area contributed by atoms with E-state index in [1.165, 1.54) is 23.1 Å². The third-order valence-electron chi connectivity index (χ3n) is 2.58. The number of nitrogens with one attached hydrogen (secondary N) is 1. The van der Waals surface area contributed by atoms with Crippen LogP contribution in [0.3, 0.4) is 0 Å². The quantitative estimate of drug-likeness (QED) is 0.846. The predicted octanol–water partition coefficient (Wildman–Crippen LogP) is 1.19. The lowest BCUT2D eigenvalue weighted by atomic mass is 10.3. The van der Waals surface area contributed by atoms with E-state index >= 15 is 0 Å². The van der Waals surface area contributed by atoms with Crippen LogP contribution in [0.25, 0.3) is 0 Å². The van der Waals surface area contributed by atoms with Gasteiger partial charge in [-0.1, -0.05) is 11.8 Å². The monoisotopic (exact) mass is 306 g/mol. The zero-order valence-electron chi connectivity index (χ0n) is 9.88. The zero-order chi connectivity index (χ0) is 13.2. The van der Waals surface area contributed by atoms with Gasteiger partial charge >= 0.3 is 0 Å². The van der Waals surface area contributed by atoms with Gasteiger partial charge < -0.3 is 5.32 Å². The second kappa shape index (κ2) is 5.58. The highest BCUT2D eigenvalue weighted by Crippen LogP contribution is 2.22. The first-order valence-electron chi connectivity index (χ1n) is 5.53. The molecule has 2 heterocycles. The summed E-state index contributed by atoms with van der Waals surface area (Å²) in [5, 5.41) is 3.80. The van der Waals surface area contributed by atoms with E-state index in [4.69, 9.17) is 0 Å². The van der Waals surface area contributed by atoms with E-state index in [0.717, 1.165) is 10.0 Å². The van der Waals surface area contributed by atoms with Crippen LogP contribution < -0.4 is 5.32 Å². The average molecular weight is 306 g/mol. The molecule has 1 fully saturated rings. The Balaban J connectivity index is 1.82. The van der Waals surface area contributed by atoms with Crippen molar-refractivity contribution in [3.63, 3.8) is 0 Å². The summed E-state index contributed by atoms with van der Waals surface area (Å²) in [6.07, 6.45) is 1.15. The van der Waals surface area contributed by atoms with Crippen LogP contribution in [-0.4, -0.2) is 36.2 Å². The summed E-state index contributed by atoms with van der Waals surface area (Å²) < 4.78 is 23.9. The molecule has 1 saturated heterocycles. The van der Waals surface area contributed by atoms with Crippen molar-refractivity contribution < 1.29 is 13.2 Å². The fourth-order valence-corrected chi connectivity index (χ4v) is 5.05. The Bertz CT molecular complexity index is 538. The minimum atomic E-state index is -3.12. The molecule has 1 atom stereocenters. The lowest BCUT2D eigenvalue weighted by Gasteiger charge is -2.11. The van der Waals surface area contributed by atoms with E-state index in [-0.39, 0.29) is 17.4 Å². The first kappa shape index (κ1) is 13.8. The van der Waals surface area contributed by atoms with Crippen molar-refractivity contribution in [2.24, 2.45) is 0 Å². The molecule has 0 unspecified atom stereocenters. The number of hydrogen-bond acceptors (Lipinski definition) is 6. The summed E-state index contributed by atoms with van der Waals surface area (Å²) in [7, 11) is -3.12. The Hall–Kier alpha value is -0.600. The highest BCUT2D eigenvalue weighted by Gasteiger charge is 2.32. The minimum Gasteiger partial charge on any atom is -0.339 e. The first-order chi connectivity index (χ1) is 8.47. The standard InChI is InChI=1S/C10H14N2O3S3/c1-7-5-16-10(11-7)17-6-8(13)12-9-3-2-4-18(9,14)15/h5,9H,2-4,6H2,1H3,(H,12,13)/t9-/m1/s1. The molecule has 0 aromatic carbocycles. The Morgan fingerprint density at radius 2 is 2.44 bits per heavy atom. The maximum atomic E-state index is 11.6. The van der Waals surface area contributed by atoms with Crippen LogP contribution in [0.15, 0.2) is 9.72 Å². The van der Waals surface area contributed by atoms with Gasteiger partial charge in [0.15, 0.2) is 14.2 Å². The highest BCUT2D eigenvalue weighted by molar-refractivity contribution is 8.01. The van der Waals surface area contributed by atoms with E-state index in [9.17, 15) is 13.2 Å². The van der Waals surface area contributed by atoms with Gasteiger partial charge in [0.1, 0.15) is 5.37 Å². The molecular weight excluding hydrogens is 292 g/mol. The van der Waals surface area contributed by atoms with Crippen LogP contribution >= 0.6 is 23.1 Å². The lowest BCUT2D eigenvalue weighted by molar-refractivity contribution is -0.118. The molecule has 1 aliphatic rings. The highest BCUT2D eigenvalue weighted by atomic mass is 32.2. The van der Waals surface area contributed by atoms with Crippen molar-refractivity contribution in [3.8, 4) is 0 Å². The number of hydrogen-bond donors (Lipinski definition) is 1. The number of carbonyl (C=O) groups is 1. The van der Waals surface area contributed by atoms with E-state index in [0.29, 0.717) is 12.8 Å².